The standard InChI is InChI=1S/C19H25N3O3/c23-19(9-5-10-24-15-16-6-2-1-3-7-16)21-17-12-20-22(13-17)14-18-8-4-11-25-18/h1-3,6-7,12-13,18H,4-5,8-11,14-15H2,(H,21,23). The fourth-order valence-corrected chi connectivity index (χ4v) is 2.85. The molecule has 25 heavy (non-hydrogen) atoms. The fourth-order valence-electron chi connectivity index (χ4n) is 2.85. The Morgan fingerprint density at radius 1 is 1.36 bits per heavy atom. The molecule has 1 N–H and O–H groups in total. The van der Waals surface area contributed by atoms with Crippen molar-refractivity contribution in [3.63, 3.8) is 0 Å². The molecule has 1 aliphatic heterocycles. The molecule has 1 amide bonds. The molecule has 2 aromatic rings. The molecule has 1 fully saturated rings. The first-order chi connectivity index (χ1) is 12.3. The Hall–Kier alpha value is -2.18. The largest absolute Gasteiger partial charge is 0.377 e. The number of ether oxygens (including phenoxy) is 2. The lowest BCUT2D eigenvalue weighted by atomic mass is 10.2. The Kier molecular flexibility index (Phi) is 6.59. The van der Waals surface area contributed by atoms with Crippen LogP contribution in [0.25, 0.3) is 0 Å². The summed E-state index contributed by atoms with van der Waals surface area (Å²) in [6.45, 7) is 2.73. The number of benzene rings is 1. The summed E-state index contributed by atoms with van der Waals surface area (Å²) in [5.41, 5.74) is 1.87. The van der Waals surface area contributed by atoms with E-state index >= 15 is 0 Å². The van der Waals surface area contributed by atoms with Gasteiger partial charge in [0.1, 0.15) is 0 Å². The molecule has 3 rings (SSSR count). The molecule has 0 saturated carbocycles. The van der Waals surface area contributed by atoms with Crippen molar-refractivity contribution in [2.24, 2.45) is 0 Å². The van der Waals surface area contributed by atoms with Crippen molar-refractivity contribution in [2.45, 2.75) is 44.9 Å². The zero-order valence-electron chi connectivity index (χ0n) is 14.4. The van der Waals surface area contributed by atoms with E-state index in [9.17, 15) is 4.79 Å². The summed E-state index contributed by atoms with van der Waals surface area (Å²) in [5.74, 6) is -0.0139. The highest BCUT2D eigenvalue weighted by molar-refractivity contribution is 5.90. The number of nitrogens with zero attached hydrogens (tertiary/aromatic N) is 2. The van der Waals surface area contributed by atoms with E-state index in [1.54, 1.807) is 6.20 Å². The molecule has 134 valence electrons. The average Bonchev–Trinajstić information content (AvgIpc) is 3.28. The van der Waals surface area contributed by atoms with Crippen molar-refractivity contribution in [3.8, 4) is 0 Å². The SMILES string of the molecule is O=C(CCCOCc1ccccc1)Nc1cnn(CC2CCCO2)c1. The lowest BCUT2D eigenvalue weighted by Crippen LogP contribution is -2.15. The van der Waals surface area contributed by atoms with Gasteiger partial charge in [0.15, 0.2) is 0 Å². The van der Waals surface area contributed by atoms with Gasteiger partial charge in [-0.05, 0) is 24.8 Å². The summed E-state index contributed by atoms with van der Waals surface area (Å²) < 4.78 is 13.0. The van der Waals surface area contributed by atoms with Crippen molar-refractivity contribution in [3.05, 3.63) is 48.3 Å². The van der Waals surface area contributed by atoms with Gasteiger partial charge >= 0.3 is 0 Å². The molecule has 0 bridgehead atoms. The normalized spacial score (nSPS) is 16.9. The van der Waals surface area contributed by atoms with E-state index < -0.39 is 0 Å². The highest BCUT2D eigenvalue weighted by atomic mass is 16.5. The number of carbonyl (C=O) groups is 1. The topological polar surface area (TPSA) is 65.4 Å². The molecule has 1 atom stereocenters. The van der Waals surface area contributed by atoms with Crippen molar-refractivity contribution in [1.82, 2.24) is 9.78 Å². The van der Waals surface area contributed by atoms with Crippen LogP contribution in [0.4, 0.5) is 5.69 Å². The summed E-state index contributed by atoms with van der Waals surface area (Å²) in [5, 5.41) is 7.15. The van der Waals surface area contributed by atoms with Crippen LogP contribution in [0.1, 0.15) is 31.2 Å². The van der Waals surface area contributed by atoms with Gasteiger partial charge in [0.05, 0.1) is 31.1 Å². The van der Waals surface area contributed by atoms with E-state index in [0.717, 1.165) is 37.2 Å². The molecule has 1 saturated heterocycles. The van der Waals surface area contributed by atoms with E-state index in [1.165, 1.54) is 0 Å². The quantitative estimate of drug-likeness (QED) is 0.711. The van der Waals surface area contributed by atoms with Gasteiger partial charge in [0.25, 0.3) is 0 Å². The maximum Gasteiger partial charge on any atom is 0.224 e. The smallest absolute Gasteiger partial charge is 0.224 e. The molecular formula is C19H25N3O3. The maximum atomic E-state index is 12.0. The first kappa shape index (κ1) is 17.6. The summed E-state index contributed by atoms with van der Waals surface area (Å²) in [7, 11) is 0. The van der Waals surface area contributed by atoms with E-state index in [2.05, 4.69) is 10.4 Å². The summed E-state index contributed by atoms with van der Waals surface area (Å²) >= 11 is 0. The predicted octanol–water partition coefficient (Wildman–Crippen LogP) is 3.00. The molecule has 1 aromatic heterocycles. The van der Waals surface area contributed by atoms with E-state index in [-0.39, 0.29) is 12.0 Å². The summed E-state index contributed by atoms with van der Waals surface area (Å²) in [4.78, 5) is 12.0. The molecule has 0 spiro atoms. The second-order valence-corrected chi connectivity index (χ2v) is 6.28. The zero-order valence-corrected chi connectivity index (χ0v) is 14.4. The van der Waals surface area contributed by atoms with Gasteiger partial charge in [-0.15, -0.1) is 0 Å². The minimum absolute atomic E-state index is 0.0139. The third-order valence-electron chi connectivity index (χ3n) is 4.14. The number of anilines is 1. The number of aromatic nitrogens is 2. The Labute approximate surface area is 148 Å². The van der Waals surface area contributed by atoms with E-state index in [0.29, 0.717) is 26.1 Å². The van der Waals surface area contributed by atoms with Crippen LogP contribution in [0, 0.1) is 0 Å². The van der Waals surface area contributed by atoms with Gasteiger partial charge in [-0.3, -0.25) is 9.48 Å². The van der Waals surface area contributed by atoms with Crippen molar-refractivity contribution >= 4 is 11.6 Å². The molecule has 1 aromatic carbocycles. The number of amides is 1. The molecule has 0 radical (unpaired) electrons. The van der Waals surface area contributed by atoms with Crippen molar-refractivity contribution < 1.29 is 14.3 Å². The minimum Gasteiger partial charge on any atom is -0.377 e. The Balaban J connectivity index is 1.30. The first-order valence-corrected chi connectivity index (χ1v) is 8.85. The van der Waals surface area contributed by atoms with Crippen LogP contribution in [0.3, 0.4) is 0 Å². The van der Waals surface area contributed by atoms with Crippen LogP contribution < -0.4 is 5.32 Å². The van der Waals surface area contributed by atoms with E-state index in [1.807, 2.05) is 41.2 Å². The van der Waals surface area contributed by atoms with Gasteiger partial charge in [0, 0.05) is 25.8 Å². The van der Waals surface area contributed by atoms with Gasteiger partial charge in [-0.2, -0.15) is 5.10 Å². The maximum absolute atomic E-state index is 12.0. The summed E-state index contributed by atoms with van der Waals surface area (Å²) in [6.07, 6.45) is 7.09. The van der Waals surface area contributed by atoms with Gasteiger partial charge in [-0.25, -0.2) is 0 Å². The lowest BCUT2D eigenvalue weighted by Gasteiger charge is -2.08. The van der Waals surface area contributed by atoms with Gasteiger partial charge in [-0.1, -0.05) is 30.3 Å². The Morgan fingerprint density at radius 3 is 3.04 bits per heavy atom. The zero-order chi connectivity index (χ0) is 17.3. The van der Waals surface area contributed by atoms with Crippen LogP contribution >= 0.6 is 0 Å². The molecule has 6 nitrogen and oxygen atoms in total. The second kappa shape index (κ2) is 9.34. The van der Waals surface area contributed by atoms with Crippen LogP contribution in [0.5, 0.6) is 0 Å². The number of rotatable bonds is 9. The van der Waals surface area contributed by atoms with Crippen LogP contribution in [-0.2, 0) is 27.4 Å². The van der Waals surface area contributed by atoms with Gasteiger partial charge in [0.2, 0.25) is 5.91 Å². The summed E-state index contributed by atoms with van der Waals surface area (Å²) in [6, 6.07) is 10.0. The fraction of sp³-hybridized carbons (Fsp3) is 0.474. The van der Waals surface area contributed by atoms with Crippen molar-refractivity contribution in [1.29, 1.82) is 0 Å². The average molecular weight is 343 g/mol. The lowest BCUT2D eigenvalue weighted by molar-refractivity contribution is -0.116. The third-order valence-corrected chi connectivity index (χ3v) is 4.14. The third kappa shape index (κ3) is 5.99. The Morgan fingerprint density at radius 2 is 2.24 bits per heavy atom. The number of nitrogens with one attached hydrogen (secondary N) is 1. The number of hydrogen-bond acceptors (Lipinski definition) is 4. The highest BCUT2D eigenvalue weighted by Crippen LogP contribution is 2.15. The predicted molar refractivity (Wildman–Crippen MR) is 95.2 cm³/mol. The van der Waals surface area contributed by atoms with Crippen LogP contribution in [-0.4, -0.2) is 35.0 Å². The number of carbonyl (C=O) groups excluding carboxylic acids is 1. The minimum atomic E-state index is -0.0139. The highest BCUT2D eigenvalue weighted by Gasteiger charge is 2.16. The van der Waals surface area contributed by atoms with E-state index in [4.69, 9.17) is 9.47 Å². The van der Waals surface area contributed by atoms with Crippen molar-refractivity contribution in [2.75, 3.05) is 18.5 Å². The van der Waals surface area contributed by atoms with Crippen LogP contribution in [0.15, 0.2) is 42.7 Å². The molecule has 1 unspecified atom stereocenters. The second-order valence-electron chi connectivity index (χ2n) is 6.28. The van der Waals surface area contributed by atoms with Gasteiger partial charge < -0.3 is 14.8 Å². The Bertz CT molecular complexity index is 651. The number of hydrogen-bond donors (Lipinski definition) is 1. The first-order valence-electron chi connectivity index (χ1n) is 8.85. The molecule has 1 aliphatic rings. The molecule has 2 heterocycles. The monoisotopic (exact) mass is 343 g/mol. The molecular weight excluding hydrogens is 318 g/mol. The van der Waals surface area contributed by atoms with Crippen LogP contribution in [0.2, 0.25) is 0 Å². The molecule has 0 aliphatic carbocycles. The molecule has 6 heteroatoms.